The summed E-state index contributed by atoms with van der Waals surface area (Å²) in [7, 11) is 1.66. The van der Waals surface area contributed by atoms with Crippen LogP contribution in [0.15, 0.2) is 24.3 Å². The van der Waals surface area contributed by atoms with E-state index in [1.165, 1.54) is 43.2 Å². The molecular weight excluding hydrogens is 388 g/mol. The largest absolute Gasteiger partial charge is 0.358 e. The average Bonchev–Trinajstić information content (AvgIpc) is 2.80. The van der Waals surface area contributed by atoms with E-state index in [9.17, 15) is 9.59 Å². The predicted octanol–water partition coefficient (Wildman–Crippen LogP) is 2.91. The highest BCUT2D eigenvalue weighted by Crippen LogP contribution is 2.33. The highest BCUT2D eigenvalue weighted by atomic mass is 16.2. The Kier molecular flexibility index (Phi) is 8.90. The molecule has 6 nitrogen and oxygen atoms in total. The molecule has 2 aliphatic rings. The van der Waals surface area contributed by atoms with Gasteiger partial charge in [0.2, 0.25) is 11.8 Å². The number of likely N-dealkylation sites (N-methyl/N-ethyl adjacent to an activating group) is 1. The molecule has 0 spiro atoms. The molecule has 6 heteroatoms. The van der Waals surface area contributed by atoms with Crippen LogP contribution in [-0.4, -0.2) is 67.9 Å². The van der Waals surface area contributed by atoms with Crippen LogP contribution in [0.1, 0.15) is 69.0 Å². The summed E-state index contributed by atoms with van der Waals surface area (Å²) in [6.45, 7) is 8.01. The van der Waals surface area contributed by atoms with Crippen LogP contribution in [0.2, 0.25) is 0 Å². The van der Waals surface area contributed by atoms with Gasteiger partial charge in [0.25, 0.3) is 0 Å². The zero-order chi connectivity index (χ0) is 22.2. The molecule has 2 N–H and O–H groups in total. The van der Waals surface area contributed by atoms with Crippen LogP contribution in [-0.2, 0) is 9.59 Å². The molecule has 31 heavy (non-hydrogen) atoms. The van der Waals surface area contributed by atoms with Gasteiger partial charge in [-0.05, 0) is 35.8 Å². The minimum Gasteiger partial charge on any atom is -0.358 e. The van der Waals surface area contributed by atoms with E-state index in [4.69, 9.17) is 0 Å². The van der Waals surface area contributed by atoms with Gasteiger partial charge in [-0.25, -0.2) is 0 Å². The highest BCUT2D eigenvalue weighted by Gasteiger charge is 2.24. The number of carbonyl (C=O) groups excluding carboxylic acids is 2. The topological polar surface area (TPSA) is 64.7 Å². The second-order valence-electron chi connectivity index (χ2n) is 9.43. The number of amides is 2. The van der Waals surface area contributed by atoms with Gasteiger partial charge in [-0.2, -0.15) is 0 Å². The summed E-state index contributed by atoms with van der Waals surface area (Å²) in [5, 5.41) is 6.17. The molecule has 1 aromatic rings. The Balaban J connectivity index is 1.50. The maximum absolute atomic E-state index is 12.8. The van der Waals surface area contributed by atoms with E-state index < -0.39 is 0 Å². The Morgan fingerprint density at radius 1 is 1.00 bits per heavy atom. The van der Waals surface area contributed by atoms with Gasteiger partial charge in [-0.15, -0.1) is 0 Å². The van der Waals surface area contributed by atoms with Crippen LogP contribution in [0.25, 0.3) is 0 Å². The van der Waals surface area contributed by atoms with Crippen molar-refractivity contribution in [3.05, 3.63) is 35.4 Å². The third-order valence-electron chi connectivity index (χ3n) is 6.88. The molecule has 0 bridgehead atoms. The average molecular weight is 429 g/mol. The van der Waals surface area contributed by atoms with E-state index in [2.05, 4.69) is 53.6 Å². The van der Waals surface area contributed by atoms with Crippen molar-refractivity contribution in [2.24, 2.45) is 5.92 Å². The standard InChI is InChI=1S/C25H40N4O2/c1-19(2)25(22-11-9-21(10-12-22)20-7-5-4-6-8-20)27-17-24(31)29-15-13-28(14-16-29)18-23(30)26-3/h9-12,19-20,25,27H,4-8,13-18H2,1-3H3,(H,26,30)/t25-/m0/s1. The first-order valence-electron chi connectivity index (χ1n) is 12.0. The van der Waals surface area contributed by atoms with Gasteiger partial charge in [0.05, 0.1) is 13.1 Å². The van der Waals surface area contributed by atoms with Crippen molar-refractivity contribution in [3.8, 4) is 0 Å². The normalized spacial score (nSPS) is 19.4. The van der Waals surface area contributed by atoms with E-state index in [0.717, 1.165) is 19.0 Å². The van der Waals surface area contributed by atoms with E-state index in [1.807, 2.05) is 4.90 Å². The van der Waals surface area contributed by atoms with Gasteiger partial charge >= 0.3 is 0 Å². The molecule has 1 atom stereocenters. The molecule has 0 radical (unpaired) electrons. The van der Waals surface area contributed by atoms with Crippen molar-refractivity contribution in [1.82, 2.24) is 20.4 Å². The molecule has 172 valence electrons. The molecule has 0 unspecified atom stereocenters. The third kappa shape index (κ3) is 6.78. The number of benzene rings is 1. The number of rotatable bonds is 8. The quantitative estimate of drug-likeness (QED) is 0.668. The van der Waals surface area contributed by atoms with Gasteiger partial charge in [-0.1, -0.05) is 57.4 Å². The number of carbonyl (C=O) groups is 2. The molecule has 1 saturated carbocycles. The van der Waals surface area contributed by atoms with Crippen LogP contribution in [0.4, 0.5) is 0 Å². The van der Waals surface area contributed by atoms with Crippen LogP contribution in [0.5, 0.6) is 0 Å². The number of nitrogens with zero attached hydrogens (tertiary/aromatic N) is 2. The maximum atomic E-state index is 12.8. The fourth-order valence-corrected chi connectivity index (χ4v) is 4.90. The first-order valence-corrected chi connectivity index (χ1v) is 12.0. The first-order chi connectivity index (χ1) is 15.0. The first kappa shape index (κ1) is 23.7. The minimum absolute atomic E-state index is 0.0238. The maximum Gasteiger partial charge on any atom is 0.236 e. The zero-order valence-corrected chi connectivity index (χ0v) is 19.5. The Bertz CT molecular complexity index is 705. The fraction of sp³-hybridized carbons (Fsp3) is 0.680. The SMILES string of the molecule is CNC(=O)CN1CCN(C(=O)CN[C@H](c2ccc(C3CCCCC3)cc2)C(C)C)CC1. The Morgan fingerprint density at radius 2 is 1.65 bits per heavy atom. The van der Waals surface area contributed by atoms with Gasteiger partial charge in [0, 0.05) is 39.3 Å². The van der Waals surface area contributed by atoms with Crippen LogP contribution in [0, 0.1) is 5.92 Å². The fourth-order valence-electron chi connectivity index (χ4n) is 4.90. The monoisotopic (exact) mass is 428 g/mol. The van der Waals surface area contributed by atoms with Crippen molar-refractivity contribution in [1.29, 1.82) is 0 Å². The van der Waals surface area contributed by atoms with Gasteiger partial charge in [0.15, 0.2) is 0 Å². The van der Waals surface area contributed by atoms with Crippen molar-refractivity contribution in [3.63, 3.8) is 0 Å². The second kappa shape index (κ2) is 11.6. The van der Waals surface area contributed by atoms with E-state index in [-0.39, 0.29) is 17.9 Å². The predicted molar refractivity (Wildman–Crippen MR) is 125 cm³/mol. The Morgan fingerprint density at radius 3 is 2.23 bits per heavy atom. The molecule has 1 aliphatic heterocycles. The van der Waals surface area contributed by atoms with Crippen molar-refractivity contribution >= 4 is 11.8 Å². The lowest BCUT2D eigenvalue weighted by Gasteiger charge is -2.35. The lowest BCUT2D eigenvalue weighted by Crippen LogP contribution is -2.52. The molecule has 1 aliphatic carbocycles. The molecule has 2 fully saturated rings. The summed E-state index contributed by atoms with van der Waals surface area (Å²) in [6, 6.07) is 9.28. The number of hydrogen-bond donors (Lipinski definition) is 2. The summed E-state index contributed by atoms with van der Waals surface area (Å²) in [5.41, 5.74) is 2.73. The molecule has 2 amide bonds. The lowest BCUT2D eigenvalue weighted by molar-refractivity contribution is -0.132. The van der Waals surface area contributed by atoms with Gasteiger partial charge in [0.1, 0.15) is 0 Å². The number of hydrogen-bond acceptors (Lipinski definition) is 4. The lowest BCUT2D eigenvalue weighted by atomic mass is 9.83. The molecule has 1 aromatic carbocycles. The van der Waals surface area contributed by atoms with Crippen LogP contribution < -0.4 is 10.6 Å². The van der Waals surface area contributed by atoms with Crippen molar-refractivity contribution in [2.75, 3.05) is 46.3 Å². The summed E-state index contributed by atoms with van der Waals surface area (Å²) < 4.78 is 0. The summed E-state index contributed by atoms with van der Waals surface area (Å²) >= 11 is 0. The minimum atomic E-state index is 0.0238. The van der Waals surface area contributed by atoms with Crippen molar-refractivity contribution < 1.29 is 9.59 Å². The van der Waals surface area contributed by atoms with Crippen LogP contribution in [0.3, 0.4) is 0 Å². The Hall–Kier alpha value is -1.92. The van der Waals surface area contributed by atoms with Gasteiger partial charge < -0.3 is 15.5 Å². The molecule has 3 rings (SSSR count). The molecule has 1 saturated heterocycles. The van der Waals surface area contributed by atoms with E-state index >= 15 is 0 Å². The van der Waals surface area contributed by atoms with Crippen molar-refractivity contribution in [2.45, 2.75) is 57.9 Å². The zero-order valence-electron chi connectivity index (χ0n) is 19.5. The summed E-state index contributed by atoms with van der Waals surface area (Å²) in [5.74, 6) is 1.29. The second-order valence-corrected chi connectivity index (χ2v) is 9.43. The summed E-state index contributed by atoms with van der Waals surface area (Å²) in [4.78, 5) is 28.3. The molecule has 0 aromatic heterocycles. The molecule has 1 heterocycles. The highest BCUT2D eigenvalue weighted by molar-refractivity contribution is 5.79. The number of piperazine rings is 1. The Labute approximate surface area is 187 Å². The van der Waals surface area contributed by atoms with Gasteiger partial charge in [-0.3, -0.25) is 14.5 Å². The van der Waals surface area contributed by atoms with E-state index in [1.54, 1.807) is 7.05 Å². The van der Waals surface area contributed by atoms with Crippen LogP contribution >= 0.6 is 0 Å². The van der Waals surface area contributed by atoms with E-state index in [0.29, 0.717) is 32.1 Å². The molecular formula is C25H40N4O2. The summed E-state index contributed by atoms with van der Waals surface area (Å²) in [6.07, 6.45) is 6.72. The smallest absolute Gasteiger partial charge is 0.236 e. The number of nitrogens with one attached hydrogen (secondary N) is 2. The third-order valence-corrected chi connectivity index (χ3v) is 6.88.